The van der Waals surface area contributed by atoms with Gasteiger partial charge in [0.25, 0.3) is 5.91 Å². The van der Waals surface area contributed by atoms with E-state index in [1.165, 1.54) is 11.1 Å². The fraction of sp³-hybridized carbons (Fsp3) is 0.444. The third-order valence-electron chi connectivity index (χ3n) is 4.45. The Morgan fingerprint density at radius 2 is 2.00 bits per heavy atom. The Kier molecular flexibility index (Phi) is 5.21. The Morgan fingerprint density at radius 3 is 2.67 bits per heavy atom. The summed E-state index contributed by atoms with van der Waals surface area (Å²) >= 11 is 6.15. The van der Waals surface area contributed by atoms with Crippen molar-refractivity contribution >= 4 is 17.5 Å². The van der Waals surface area contributed by atoms with Crippen LogP contribution in [0, 0.1) is 6.92 Å². The summed E-state index contributed by atoms with van der Waals surface area (Å²) < 4.78 is 1.67. The van der Waals surface area contributed by atoms with Crippen LogP contribution in [0.1, 0.15) is 28.5 Å². The van der Waals surface area contributed by atoms with Gasteiger partial charge < -0.3 is 4.90 Å². The van der Waals surface area contributed by atoms with Crippen LogP contribution in [0.3, 0.4) is 0 Å². The Labute approximate surface area is 147 Å². The van der Waals surface area contributed by atoms with Gasteiger partial charge in [0.1, 0.15) is 5.69 Å². The Hall–Kier alpha value is -1.85. The summed E-state index contributed by atoms with van der Waals surface area (Å²) in [5.41, 5.74) is 3.11. The van der Waals surface area contributed by atoms with Gasteiger partial charge in [0, 0.05) is 39.3 Å². The summed E-state index contributed by atoms with van der Waals surface area (Å²) in [6.07, 6.45) is 1.55. The molecule has 3 rings (SSSR count). The smallest absolute Gasteiger partial charge is 0.273 e. The molecule has 2 heterocycles. The molecule has 5 nitrogen and oxygen atoms in total. The number of halogens is 1. The Bertz CT molecular complexity index is 720. The average Bonchev–Trinajstić information content (AvgIpc) is 2.96. The lowest BCUT2D eigenvalue weighted by atomic mass is 10.1. The number of rotatable bonds is 4. The molecule has 1 aromatic carbocycles. The molecule has 1 amide bonds. The van der Waals surface area contributed by atoms with Crippen LogP contribution in [0.25, 0.3) is 0 Å². The fourth-order valence-corrected chi connectivity index (χ4v) is 3.36. The second-order valence-electron chi connectivity index (χ2n) is 6.21. The predicted octanol–water partition coefficient (Wildman–Crippen LogP) is 2.82. The van der Waals surface area contributed by atoms with Gasteiger partial charge in [-0.25, -0.2) is 0 Å². The molecule has 0 radical (unpaired) electrons. The lowest BCUT2D eigenvalue weighted by molar-refractivity contribution is 0.0616. The molecule has 2 aromatic rings. The first-order valence-corrected chi connectivity index (χ1v) is 8.74. The highest BCUT2D eigenvalue weighted by molar-refractivity contribution is 6.33. The number of piperazine rings is 1. The van der Waals surface area contributed by atoms with Crippen molar-refractivity contribution in [1.82, 2.24) is 19.6 Å². The Morgan fingerprint density at radius 1 is 1.25 bits per heavy atom. The van der Waals surface area contributed by atoms with E-state index in [4.69, 9.17) is 11.6 Å². The molecule has 0 bridgehead atoms. The van der Waals surface area contributed by atoms with Gasteiger partial charge in [-0.1, -0.05) is 41.4 Å². The molecule has 1 aliphatic heterocycles. The number of benzene rings is 1. The molecule has 1 aromatic heterocycles. The molecule has 0 spiro atoms. The van der Waals surface area contributed by atoms with Crippen molar-refractivity contribution in [3.63, 3.8) is 0 Å². The minimum Gasteiger partial charge on any atom is -0.335 e. The number of nitrogens with zero attached hydrogens (tertiary/aromatic N) is 4. The minimum absolute atomic E-state index is 0.0189. The highest BCUT2D eigenvalue weighted by Crippen LogP contribution is 2.19. The molecule has 0 N–H and O–H groups in total. The van der Waals surface area contributed by atoms with Gasteiger partial charge in [-0.15, -0.1) is 0 Å². The quantitative estimate of drug-likeness (QED) is 0.854. The summed E-state index contributed by atoms with van der Waals surface area (Å²) in [4.78, 5) is 17.0. The lowest BCUT2D eigenvalue weighted by Gasteiger charge is -2.34. The molecule has 0 saturated carbocycles. The zero-order chi connectivity index (χ0) is 17.1. The molecule has 1 aliphatic rings. The van der Waals surface area contributed by atoms with Crippen LogP contribution in [0.4, 0.5) is 0 Å². The molecule has 1 fully saturated rings. The maximum absolute atomic E-state index is 12.7. The SMILES string of the molecule is CCn1ncc(Cl)c1C(=O)N1CCN(Cc2cccc(C)c2)CC1. The van der Waals surface area contributed by atoms with Crippen LogP contribution in [-0.2, 0) is 13.1 Å². The van der Waals surface area contributed by atoms with Crippen LogP contribution in [0.15, 0.2) is 30.5 Å². The van der Waals surface area contributed by atoms with E-state index in [1.807, 2.05) is 11.8 Å². The summed E-state index contributed by atoms with van der Waals surface area (Å²) in [5.74, 6) is -0.0189. The molecule has 0 aliphatic carbocycles. The van der Waals surface area contributed by atoms with Crippen LogP contribution in [0.2, 0.25) is 5.02 Å². The number of aryl methyl sites for hydroxylation is 2. The van der Waals surface area contributed by atoms with Crippen LogP contribution >= 0.6 is 11.6 Å². The Balaban J connectivity index is 1.60. The van der Waals surface area contributed by atoms with E-state index >= 15 is 0 Å². The van der Waals surface area contributed by atoms with Crippen LogP contribution in [0.5, 0.6) is 0 Å². The van der Waals surface area contributed by atoms with Crippen molar-refractivity contribution in [3.8, 4) is 0 Å². The summed E-state index contributed by atoms with van der Waals surface area (Å²) in [6, 6.07) is 8.58. The van der Waals surface area contributed by atoms with Crippen molar-refractivity contribution in [2.75, 3.05) is 26.2 Å². The number of hydrogen-bond donors (Lipinski definition) is 0. The summed E-state index contributed by atoms with van der Waals surface area (Å²) in [5, 5.41) is 4.59. The molecule has 128 valence electrons. The molecule has 24 heavy (non-hydrogen) atoms. The number of aromatic nitrogens is 2. The molecule has 6 heteroatoms. The maximum atomic E-state index is 12.7. The van der Waals surface area contributed by atoms with Crippen molar-refractivity contribution in [3.05, 3.63) is 52.3 Å². The highest BCUT2D eigenvalue weighted by atomic mass is 35.5. The normalized spacial score (nSPS) is 15.7. The van der Waals surface area contributed by atoms with Crippen LogP contribution < -0.4 is 0 Å². The molecular weight excluding hydrogens is 324 g/mol. The molecule has 1 saturated heterocycles. The summed E-state index contributed by atoms with van der Waals surface area (Å²) in [7, 11) is 0. The van der Waals surface area contributed by atoms with Gasteiger partial charge in [0.15, 0.2) is 0 Å². The van der Waals surface area contributed by atoms with Gasteiger partial charge in [0.2, 0.25) is 0 Å². The van der Waals surface area contributed by atoms with E-state index in [9.17, 15) is 4.79 Å². The number of hydrogen-bond acceptors (Lipinski definition) is 3. The summed E-state index contributed by atoms with van der Waals surface area (Å²) in [6.45, 7) is 8.82. The molecular formula is C18H23ClN4O. The standard InChI is InChI=1S/C18H23ClN4O/c1-3-23-17(16(19)12-20-23)18(24)22-9-7-21(8-10-22)13-15-6-4-5-14(2)11-15/h4-6,11-12H,3,7-10,13H2,1-2H3. The topological polar surface area (TPSA) is 41.4 Å². The van der Waals surface area contributed by atoms with Crippen LogP contribution in [-0.4, -0.2) is 51.7 Å². The largest absolute Gasteiger partial charge is 0.335 e. The van der Waals surface area contributed by atoms with Crippen molar-refractivity contribution < 1.29 is 4.79 Å². The first-order chi connectivity index (χ1) is 11.6. The van der Waals surface area contributed by atoms with Crippen molar-refractivity contribution in [2.24, 2.45) is 0 Å². The predicted molar refractivity (Wildman–Crippen MR) is 95.3 cm³/mol. The van der Waals surface area contributed by atoms with E-state index < -0.39 is 0 Å². The second-order valence-corrected chi connectivity index (χ2v) is 6.62. The highest BCUT2D eigenvalue weighted by Gasteiger charge is 2.26. The van der Waals surface area contributed by atoms with E-state index in [0.29, 0.717) is 17.3 Å². The average molecular weight is 347 g/mol. The first kappa shape index (κ1) is 17.0. The first-order valence-electron chi connectivity index (χ1n) is 8.37. The number of carbonyl (C=O) groups excluding carboxylic acids is 1. The molecule has 0 atom stereocenters. The number of amides is 1. The van der Waals surface area contributed by atoms with Gasteiger partial charge >= 0.3 is 0 Å². The van der Waals surface area contributed by atoms with E-state index in [1.54, 1.807) is 10.9 Å². The second kappa shape index (κ2) is 7.36. The van der Waals surface area contributed by atoms with Gasteiger partial charge in [-0.2, -0.15) is 5.10 Å². The lowest BCUT2D eigenvalue weighted by Crippen LogP contribution is -2.48. The third-order valence-corrected chi connectivity index (χ3v) is 4.72. The fourth-order valence-electron chi connectivity index (χ4n) is 3.14. The zero-order valence-electron chi connectivity index (χ0n) is 14.2. The van der Waals surface area contributed by atoms with E-state index in [-0.39, 0.29) is 5.91 Å². The molecule has 0 unspecified atom stereocenters. The number of carbonyl (C=O) groups is 1. The van der Waals surface area contributed by atoms with Gasteiger partial charge in [-0.05, 0) is 19.4 Å². The van der Waals surface area contributed by atoms with E-state index in [0.717, 1.165) is 32.7 Å². The minimum atomic E-state index is -0.0189. The maximum Gasteiger partial charge on any atom is 0.273 e. The van der Waals surface area contributed by atoms with Crippen molar-refractivity contribution in [2.45, 2.75) is 26.9 Å². The third kappa shape index (κ3) is 3.62. The van der Waals surface area contributed by atoms with Gasteiger partial charge in [-0.3, -0.25) is 14.4 Å². The monoisotopic (exact) mass is 346 g/mol. The zero-order valence-corrected chi connectivity index (χ0v) is 15.0. The van der Waals surface area contributed by atoms with E-state index in [2.05, 4.69) is 41.2 Å². The van der Waals surface area contributed by atoms with Crippen molar-refractivity contribution in [1.29, 1.82) is 0 Å². The van der Waals surface area contributed by atoms with Gasteiger partial charge in [0.05, 0.1) is 11.2 Å².